The molecule has 1 aliphatic rings. The van der Waals surface area contributed by atoms with Crippen LogP contribution >= 0.6 is 0 Å². The first-order chi connectivity index (χ1) is 8.17. The van der Waals surface area contributed by atoms with Crippen LogP contribution in [0, 0.1) is 6.92 Å². The molecule has 17 heavy (non-hydrogen) atoms. The molecule has 0 atom stereocenters. The highest BCUT2D eigenvalue weighted by Gasteiger charge is 2.34. The monoisotopic (exact) mass is 228 g/mol. The van der Waals surface area contributed by atoms with Gasteiger partial charge in [-0.2, -0.15) is 0 Å². The van der Waals surface area contributed by atoms with Gasteiger partial charge in [0.15, 0.2) is 0 Å². The first-order valence-corrected chi connectivity index (χ1v) is 5.99. The molecule has 0 radical (unpaired) electrons. The zero-order chi connectivity index (χ0) is 11.9. The first-order valence-electron chi connectivity index (χ1n) is 5.99. The summed E-state index contributed by atoms with van der Waals surface area (Å²) in [6.45, 7) is 1.92. The van der Waals surface area contributed by atoms with Gasteiger partial charge in [0.1, 0.15) is 6.26 Å². The van der Waals surface area contributed by atoms with Crippen LogP contribution in [0.25, 0.3) is 11.5 Å². The average Bonchev–Trinajstić information content (AvgIpc) is 2.73. The number of nitrogens with two attached hydrogens (primary N) is 1. The van der Waals surface area contributed by atoms with E-state index in [9.17, 15) is 0 Å². The van der Waals surface area contributed by atoms with Gasteiger partial charge in [0.2, 0.25) is 5.89 Å². The van der Waals surface area contributed by atoms with Gasteiger partial charge in [0, 0.05) is 11.1 Å². The Bertz CT molecular complexity index is 523. The Balaban J connectivity index is 1.90. The fourth-order valence-corrected chi connectivity index (χ4v) is 2.28. The number of benzene rings is 1. The van der Waals surface area contributed by atoms with E-state index >= 15 is 0 Å². The summed E-state index contributed by atoms with van der Waals surface area (Å²) in [5.41, 5.74) is 9.31. The normalized spacial score (nSPS) is 17.8. The largest absolute Gasteiger partial charge is 0.444 e. The van der Waals surface area contributed by atoms with E-state index in [-0.39, 0.29) is 5.54 Å². The zero-order valence-corrected chi connectivity index (χ0v) is 9.94. The standard InChI is InChI=1S/C14H16N2O/c1-10-9-17-13(16-10)11-3-5-12(6-4-11)14(15)7-2-8-14/h3-6,9H,2,7-8,15H2,1H3. The Kier molecular flexibility index (Phi) is 2.30. The number of nitrogens with zero attached hydrogens (tertiary/aromatic N) is 1. The number of oxazole rings is 1. The van der Waals surface area contributed by atoms with Gasteiger partial charge in [-0.1, -0.05) is 12.1 Å². The fraction of sp³-hybridized carbons (Fsp3) is 0.357. The summed E-state index contributed by atoms with van der Waals surface area (Å²) in [6.07, 6.45) is 5.08. The van der Waals surface area contributed by atoms with Gasteiger partial charge in [-0.25, -0.2) is 4.98 Å². The van der Waals surface area contributed by atoms with Crippen molar-refractivity contribution in [3.63, 3.8) is 0 Å². The van der Waals surface area contributed by atoms with Gasteiger partial charge in [0.25, 0.3) is 0 Å². The molecule has 0 aliphatic heterocycles. The van der Waals surface area contributed by atoms with E-state index in [1.165, 1.54) is 12.0 Å². The van der Waals surface area contributed by atoms with Gasteiger partial charge >= 0.3 is 0 Å². The molecule has 0 bridgehead atoms. The maximum absolute atomic E-state index is 6.28. The predicted molar refractivity (Wildman–Crippen MR) is 66.4 cm³/mol. The molecule has 1 aromatic heterocycles. The van der Waals surface area contributed by atoms with Crippen LogP contribution < -0.4 is 5.73 Å². The van der Waals surface area contributed by atoms with Crippen molar-refractivity contribution in [2.24, 2.45) is 5.73 Å². The smallest absolute Gasteiger partial charge is 0.226 e. The lowest BCUT2D eigenvalue weighted by Gasteiger charge is -2.38. The van der Waals surface area contributed by atoms with E-state index in [1.54, 1.807) is 6.26 Å². The van der Waals surface area contributed by atoms with E-state index in [0.29, 0.717) is 5.89 Å². The lowest BCUT2D eigenvalue weighted by atomic mass is 9.73. The molecule has 0 saturated heterocycles. The molecule has 1 saturated carbocycles. The molecule has 1 fully saturated rings. The van der Waals surface area contributed by atoms with Crippen LogP contribution in [0.2, 0.25) is 0 Å². The Morgan fingerprint density at radius 1 is 1.24 bits per heavy atom. The van der Waals surface area contributed by atoms with Crippen molar-refractivity contribution < 1.29 is 4.42 Å². The van der Waals surface area contributed by atoms with E-state index in [1.807, 2.05) is 19.1 Å². The molecule has 2 aromatic rings. The van der Waals surface area contributed by atoms with E-state index in [0.717, 1.165) is 24.1 Å². The summed E-state index contributed by atoms with van der Waals surface area (Å²) < 4.78 is 5.37. The molecule has 3 nitrogen and oxygen atoms in total. The number of hydrogen-bond donors (Lipinski definition) is 1. The molecule has 1 aromatic carbocycles. The second-order valence-electron chi connectivity index (χ2n) is 4.88. The summed E-state index contributed by atoms with van der Waals surface area (Å²) in [7, 11) is 0. The van der Waals surface area contributed by atoms with Gasteiger partial charge in [-0.15, -0.1) is 0 Å². The molecular formula is C14H16N2O. The first kappa shape index (κ1) is 10.5. The molecular weight excluding hydrogens is 212 g/mol. The van der Waals surface area contributed by atoms with E-state index in [4.69, 9.17) is 10.2 Å². The lowest BCUT2D eigenvalue weighted by molar-refractivity contribution is 0.253. The molecule has 0 amide bonds. The SMILES string of the molecule is Cc1coc(-c2ccc(C3(N)CCC3)cc2)n1. The van der Waals surface area contributed by atoms with Crippen molar-refractivity contribution >= 4 is 0 Å². The molecule has 3 heteroatoms. The van der Waals surface area contributed by atoms with Crippen molar-refractivity contribution in [1.29, 1.82) is 0 Å². The minimum absolute atomic E-state index is 0.0922. The van der Waals surface area contributed by atoms with Crippen LogP contribution in [0.5, 0.6) is 0 Å². The minimum Gasteiger partial charge on any atom is -0.444 e. The van der Waals surface area contributed by atoms with E-state index < -0.39 is 0 Å². The van der Waals surface area contributed by atoms with Crippen LogP contribution in [-0.2, 0) is 5.54 Å². The third kappa shape index (κ3) is 1.76. The third-order valence-corrected chi connectivity index (χ3v) is 3.57. The maximum Gasteiger partial charge on any atom is 0.226 e. The maximum atomic E-state index is 6.28. The average molecular weight is 228 g/mol. The molecule has 1 aliphatic carbocycles. The second-order valence-corrected chi connectivity index (χ2v) is 4.88. The van der Waals surface area contributed by atoms with Gasteiger partial charge < -0.3 is 10.2 Å². The van der Waals surface area contributed by atoms with Gasteiger partial charge in [-0.3, -0.25) is 0 Å². The number of aryl methyl sites for hydroxylation is 1. The Labute approximate surface area is 101 Å². The van der Waals surface area contributed by atoms with Crippen LogP contribution in [-0.4, -0.2) is 4.98 Å². The fourth-order valence-electron chi connectivity index (χ4n) is 2.28. The summed E-state index contributed by atoms with van der Waals surface area (Å²) in [5, 5.41) is 0. The number of aromatic nitrogens is 1. The van der Waals surface area contributed by atoms with Crippen molar-refractivity contribution in [1.82, 2.24) is 4.98 Å². The highest BCUT2D eigenvalue weighted by Crippen LogP contribution is 2.39. The third-order valence-electron chi connectivity index (χ3n) is 3.57. The van der Waals surface area contributed by atoms with Crippen molar-refractivity contribution in [3.05, 3.63) is 41.8 Å². The van der Waals surface area contributed by atoms with Crippen LogP contribution in [0.4, 0.5) is 0 Å². The van der Waals surface area contributed by atoms with Crippen molar-refractivity contribution in [3.8, 4) is 11.5 Å². The van der Waals surface area contributed by atoms with Gasteiger partial charge in [-0.05, 0) is 43.9 Å². The highest BCUT2D eigenvalue weighted by atomic mass is 16.3. The van der Waals surface area contributed by atoms with Crippen LogP contribution in [0.15, 0.2) is 34.9 Å². The van der Waals surface area contributed by atoms with Gasteiger partial charge in [0.05, 0.1) is 5.69 Å². The zero-order valence-electron chi connectivity index (χ0n) is 9.94. The van der Waals surface area contributed by atoms with Crippen molar-refractivity contribution in [2.45, 2.75) is 31.7 Å². The summed E-state index contributed by atoms with van der Waals surface area (Å²) >= 11 is 0. The van der Waals surface area contributed by atoms with Crippen LogP contribution in [0.3, 0.4) is 0 Å². The predicted octanol–water partition coefficient (Wildman–Crippen LogP) is 2.99. The van der Waals surface area contributed by atoms with Crippen LogP contribution in [0.1, 0.15) is 30.5 Å². The molecule has 88 valence electrons. The molecule has 3 rings (SSSR count). The summed E-state index contributed by atoms with van der Waals surface area (Å²) in [4.78, 5) is 4.31. The summed E-state index contributed by atoms with van der Waals surface area (Å²) in [6, 6.07) is 8.25. The minimum atomic E-state index is -0.0922. The molecule has 0 spiro atoms. The molecule has 2 N–H and O–H groups in total. The highest BCUT2D eigenvalue weighted by molar-refractivity contribution is 5.54. The Morgan fingerprint density at radius 2 is 1.94 bits per heavy atom. The Morgan fingerprint density at radius 3 is 2.41 bits per heavy atom. The Hall–Kier alpha value is -1.61. The van der Waals surface area contributed by atoms with E-state index in [2.05, 4.69) is 17.1 Å². The lowest BCUT2D eigenvalue weighted by Crippen LogP contribution is -2.43. The quantitative estimate of drug-likeness (QED) is 0.859. The van der Waals surface area contributed by atoms with Crippen molar-refractivity contribution in [2.75, 3.05) is 0 Å². The number of rotatable bonds is 2. The topological polar surface area (TPSA) is 52.0 Å². The molecule has 1 heterocycles. The summed E-state index contributed by atoms with van der Waals surface area (Å²) in [5.74, 6) is 0.675. The number of hydrogen-bond acceptors (Lipinski definition) is 3. The molecule has 0 unspecified atom stereocenters. The second kappa shape index (κ2) is 3.70.